The van der Waals surface area contributed by atoms with Crippen LogP contribution in [-0.4, -0.2) is 23.6 Å². The summed E-state index contributed by atoms with van der Waals surface area (Å²) in [6.45, 7) is 2.98. The van der Waals surface area contributed by atoms with Crippen molar-refractivity contribution in [1.29, 1.82) is 0 Å². The van der Waals surface area contributed by atoms with Gasteiger partial charge in [0.05, 0.1) is 12.8 Å². The minimum Gasteiger partial charge on any atom is -0.496 e. The predicted molar refractivity (Wildman–Crippen MR) is 77.8 cm³/mol. The number of aromatic nitrogens is 2. The van der Waals surface area contributed by atoms with E-state index in [1.807, 2.05) is 18.2 Å². The first kappa shape index (κ1) is 13.6. The van der Waals surface area contributed by atoms with Crippen molar-refractivity contribution in [2.75, 3.05) is 19.0 Å². The molecule has 4 nitrogen and oxygen atoms in total. The lowest BCUT2D eigenvalue weighted by Crippen LogP contribution is -2.02. The molecule has 1 aromatic carbocycles. The normalized spacial score (nSPS) is 10.3. The molecule has 0 saturated heterocycles. The summed E-state index contributed by atoms with van der Waals surface area (Å²) in [4.78, 5) is 8.46. The topological polar surface area (TPSA) is 47.0 Å². The molecule has 0 atom stereocenters. The maximum absolute atomic E-state index is 6.03. The monoisotopic (exact) mass is 277 g/mol. The molecule has 2 aromatic rings. The number of benzene rings is 1. The van der Waals surface area contributed by atoms with Gasteiger partial charge in [0.1, 0.15) is 17.9 Å². The molecule has 19 heavy (non-hydrogen) atoms. The maximum atomic E-state index is 6.03. The van der Waals surface area contributed by atoms with Crippen LogP contribution < -0.4 is 10.1 Å². The Labute approximate surface area is 117 Å². The van der Waals surface area contributed by atoms with Gasteiger partial charge < -0.3 is 10.1 Å². The van der Waals surface area contributed by atoms with Crippen LogP contribution in [0, 0.1) is 0 Å². The molecule has 1 aromatic heterocycles. The highest BCUT2D eigenvalue weighted by Crippen LogP contribution is 2.31. The Morgan fingerprint density at radius 3 is 2.84 bits per heavy atom. The van der Waals surface area contributed by atoms with Crippen molar-refractivity contribution in [3.05, 3.63) is 35.6 Å². The van der Waals surface area contributed by atoms with E-state index >= 15 is 0 Å². The summed E-state index contributed by atoms with van der Waals surface area (Å²) in [5.74, 6) is 1.54. The van der Waals surface area contributed by atoms with Gasteiger partial charge in [-0.15, -0.1) is 0 Å². The van der Waals surface area contributed by atoms with Crippen molar-refractivity contribution in [2.24, 2.45) is 0 Å². The lowest BCUT2D eigenvalue weighted by atomic mass is 10.1. The number of hydrogen-bond donors (Lipinski definition) is 1. The van der Waals surface area contributed by atoms with Gasteiger partial charge in [0, 0.05) is 23.2 Å². The highest BCUT2D eigenvalue weighted by Gasteiger charge is 2.09. The fraction of sp³-hybridized carbons (Fsp3) is 0.286. The number of nitrogens with one attached hydrogen (secondary N) is 1. The van der Waals surface area contributed by atoms with Crippen molar-refractivity contribution in [3.63, 3.8) is 0 Å². The highest BCUT2D eigenvalue weighted by molar-refractivity contribution is 6.30. The molecule has 0 aliphatic rings. The Morgan fingerprint density at radius 2 is 2.11 bits per heavy atom. The van der Waals surface area contributed by atoms with Crippen molar-refractivity contribution >= 4 is 17.4 Å². The quantitative estimate of drug-likeness (QED) is 0.907. The van der Waals surface area contributed by atoms with Crippen LogP contribution in [0.2, 0.25) is 5.02 Å². The first-order valence-corrected chi connectivity index (χ1v) is 6.52. The molecule has 1 N–H and O–H groups in total. The second kappa shape index (κ2) is 6.38. The third kappa shape index (κ3) is 3.35. The zero-order valence-electron chi connectivity index (χ0n) is 11.0. The molecule has 2 rings (SSSR count). The van der Waals surface area contributed by atoms with Crippen LogP contribution in [0.3, 0.4) is 0 Å². The number of methoxy groups -OCH3 is 1. The fourth-order valence-corrected chi connectivity index (χ4v) is 1.91. The molecule has 5 heteroatoms. The van der Waals surface area contributed by atoms with Crippen LogP contribution >= 0.6 is 11.6 Å². The summed E-state index contributed by atoms with van der Waals surface area (Å²) in [5.41, 5.74) is 1.64. The second-order valence-electron chi connectivity index (χ2n) is 4.06. The van der Waals surface area contributed by atoms with E-state index in [4.69, 9.17) is 16.3 Å². The second-order valence-corrected chi connectivity index (χ2v) is 4.50. The van der Waals surface area contributed by atoms with E-state index in [0.29, 0.717) is 5.02 Å². The first-order valence-electron chi connectivity index (χ1n) is 6.14. The third-order valence-electron chi connectivity index (χ3n) is 2.66. The van der Waals surface area contributed by atoms with Crippen LogP contribution in [0.15, 0.2) is 30.6 Å². The van der Waals surface area contributed by atoms with Crippen LogP contribution in [0.5, 0.6) is 5.75 Å². The van der Waals surface area contributed by atoms with Gasteiger partial charge in [-0.1, -0.05) is 18.5 Å². The number of anilines is 1. The lowest BCUT2D eigenvalue weighted by Gasteiger charge is -2.10. The zero-order valence-corrected chi connectivity index (χ0v) is 11.7. The van der Waals surface area contributed by atoms with Gasteiger partial charge in [-0.2, -0.15) is 0 Å². The molecule has 0 aliphatic heterocycles. The molecule has 0 bridgehead atoms. The molecular formula is C14H16ClN3O. The predicted octanol–water partition coefficient (Wildman–Crippen LogP) is 3.63. The Bertz CT molecular complexity index is 560. The highest BCUT2D eigenvalue weighted by atomic mass is 35.5. The van der Waals surface area contributed by atoms with E-state index in [1.165, 1.54) is 6.33 Å². The van der Waals surface area contributed by atoms with E-state index in [2.05, 4.69) is 22.2 Å². The van der Waals surface area contributed by atoms with Gasteiger partial charge in [0.25, 0.3) is 0 Å². The summed E-state index contributed by atoms with van der Waals surface area (Å²) < 4.78 is 5.34. The Kier molecular flexibility index (Phi) is 4.58. The van der Waals surface area contributed by atoms with Gasteiger partial charge in [-0.05, 0) is 24.6 Å². The van der Waals surface area contributed by atoms with E-state index < -0.39 is 0 Å². The minimum absolute atomic E-state index is 0.650. The molecule has 0 spiro atoms. The van der Waals surface area contributed by atoms with Crippen LogP contribution in [0.1, 0.15) is 13.3 Å². The molecule has 100 valence electrons. The van der Waals surface area contributed by atoms with Gasteiger partial charge in [-0.3, -0.25) is 0 Å². The molecule has 0 unspecified atom stereocenters. The lowest BCUT2D eigenvalue weighted by molar-refractivity contribution is 0.416. The van der Waals surface area contributed by atoms with E-state index in [1.54, 1.807) is 13.2 Å². The standard InChI is InChI=1S/C14H16ClN3O/c1-3-6-16-14-8-12(17-9-18-14)11-7-10(15)4-5-13(11)19-2/h4-5,7-9H,3,6H2,1-2H3,(H,16,17,18). The van der Waals surface area contributed by atoms with Crippen molar-refractivity contribution in [2.45, 2.75) is 13.3 Å². The smallest absolute Gasteiger partial charge is 0.129 e. The molecule has 0 fully saturated rings. The van der Waals surface area contributed by atoms with Crippen LogP contribution in [-0.2, 0) is 0 Å². The zero-order chi connectivity index (χ0) is 13.7. The van der Waals surface area contributed by atoms with E-state index in [9.17, 15) is 0 Å². The first-order chi connectivity index (χ1) is 9.24. The average Bonchev–Trinajstić information content (AvgIpc) is 2.45. The van der Waals surface area contributed by atoms with Gasteiger partial charge in [0.15, 0.2) is 0 Å². The number of ether oxygens (including phenoxy) is 1. The molecule has 0 aliphatic carbocycles. The third-order valence-corrected chi connectivity index (χ3v) is 2.90. The number of rotatable bonds is 5. The van der Waals surface area contributed by atoms with Crippen molar-refractivity contribution in [1.82, 2.24) is 9.97 Å². The van der Waals surface area contributed by atoms with E-state index in [-0.39, 0.29) is 0 Å². The van der Waals surface area contributed by atoms with Crippen molar-refractivity contribution in [3.8, 4) is 17.0 Å². The Hall–Kier alpha value is -1.81. The van der Waals surface area contributed by atoms with Gasteiger partial charge in [-0.25, -0.2) is 9.97 Å². The molecular weight excluding hydrogens is 262 g/mol. The Morgan fingerprint density at radius 1 is 1.26 bits per heavy atom. The molecule has 0 saturated carbocycles. The number of nitrogens with zero attached hydrogens (tertiary/aromatic N) is 2. The fourth-order valence-electron chi connectivity index (χ4n) is 1.73. The maximum Gasteiger partial charge on any atom is 0.129 e. The summed E-state index contributed by atoms with van der Waals surface area (Å²) in [6.07, 6.45) is 2.58. The molecule has 1 heterocycles. The molecule has 0 radical (unpaired) electrons. The number of halogens is 1. The summed E-state index contributed by atoms with van der Waals surface area (Å²) in [5, 5.41) is 3.88. The van der Waals surface area contributed by atoms with Crippen LogP contribution in [0.4, 0.5) is 5.82 Å². The summed E-state index contributed by atoms with van der Waals surface area (Å²) in [7, 11) is 1.63. The Balaban J connectivity index is 2.38. The SMILES string of the molecule is CCCNc1cc(-c2cc(Cl)ccc2OC)ncn1. The van der Waals surface area contributed by atoms with Gasteiger partial charge in [0.2, 0.25) is 0 Å². The largest absolute Gasteiger partial charge is 0.496 e. The average molecular weight is 278 g/mol. The minimum atomic E-state index is 0.650. The summed E-state index contributed by atoms with van der Waals surface area (Å²) in [6, 6.07) is 7.36. The van der Waals surface area contributed by atoms with Crippen LogP contribution in [0.25, 0.3) is 11.3 Å². The van der Waals surface area contributed by atoms with Gasteiger partial charge >= 0.3 is 0 Å². The van der Waals surface area contributed by atoms with E-state index in [0.717, 1.165) is 35.8 Å². The molecule has 0 amide bonds. The van der Waals surface area contributed by atoms with Crippen molar-refractivity contribution < 1.29 is 4.74 Å². The summed E-state index contributed by atoms with van der Waals surface area (Å²) >= 11 is 6.03. The number of hydrogen-bond acceptors (Lipinski definition) is 4.